The zero-order valence-electron chi connectivity index (χ0n) is 15.4. The van der Waals surface area contributed by atoms with Gasteiger partial charge in [-0.2, -0.15) is 0 Å². The Hall–Kier alpha value is -3.21. The zero-order chi connectivity index (χ0) is 18.7. The number of anilines is 3. The van der Waals surface area contributed by atoms with Crippen LogP contribution in [0.4, 0.5) is 17.2 Å². The molecule has 0 radical (unpaired) electrons. The second-order valence-corrected chi connectivity index (χ2v) is 6.50. The molecule has 3 rings (SSSR count). The van der Waals surface area contributed by atoms with E-state index in [1.807, 2.05) is 45.9 Å². The Kier molecular flexibility index (Phi) is 4.98. The van der Waals surface area contributed by atoms with Gasteiger partial charge in [0.05, 0.1) is 12.4 Å². The number of hydrogen-bond acceptors (Lipinski definition) is 4. The van der Waals surface area contributed by atoms with Crippen molar-refractivity contribution >= 4 is 23.1 Å². The van der Waals surface area contributed by atoms with Gasteiger partial charge >= 0.3 is 0 Å². The van der Waals surface area contributed by atoms with E-state index in [1.165, 1.54) is 6.20 Å². The van der Waals surface area contributed by atoms with Crippen molar-refractivity contribution in [3.8, 4) is 0 Å². The Balaban J connectivity index is 1.73. The molecule has 1 aromatic heterocycles. The van der Waals surface area contributed by atoms with E-state index in [1.54, 1.807) is 6.20 Å². The summed E-state index contributed by atoms with van der Waals surface area (Å²) in [5.74, 6) is 0.325. The molecule has 0 unspecified atom stereocenters. The molecular weight excluding hydrogens is 324 g/mol. The molecule has 0 atom stereocenters. The van der Waals surface area contributed by atoms with E-state index in [0.717, 1.165) is 33.6 Å². The van der Waals surface area contributed by atoms with Crippen molar-refractivity contribution in [2.45, 2.75) is 27.7 Å². The summed E-state index contributed by atoms with van der Waals surface area (Å²) >= 11 is 0. The number of nitrogens with one attached hydrogen (secondary N) is 2. The van der Waals surface area contributed by atoms with Crippen LogP contribution in [0.3, 0.4) is 0 Å². The van der Waals surface area contributed by atoms with Gasteiger partial charge in [-0.1, -0.05) is 24.3 Å². The van der Waals surface area contributed by atoms with Crippen LogP contribution in [0.5, 0.6) is 0 Å². The van der Waals surface area contributed by atoms with Crippen LogP contribution in [0.2, 0.25) is 0 Å². The molecule has 2 N–H and O–H groups in total. The Morgan fingerprint density at radius 2 is 1.42 bits per heavy atom. The molecule has 0 spiro atoms. The predicted octanol–water partition coefficient (Wildman–Crippen LogP) is 4.71. The maximum atomic E-state index is 12.4. The molecule has 0 fully saturated rings. The van der Waals surface area contributed by atoms with Crippen LogP contribution < -0.4 is 10.6 Å². The molecule has 1 heterocycles. The Bertz CT molecular complexity index is 949. The quantitative estimate of drug-likeness (QED) is 0.718. The number of carbonyl (C=O) groups is 1. The van der Waals surface area contributed by atoms with Gasteiger partial charge in [-0.05, 0) is 62.1 Å². The minimum atomic E-state index is -0.274. The van der Waals surface area contributed by atoms with Crippen LogP contribution in [0.15, 0.2) is 48.8 Å². The summed E-state index contributed by atoms with van der Waals surface area (Å²) in [5, 5.41) is 6.13. The van der Waals surface area contributed by atoms with E-state index in [2.05, 4.69) is 38.8 Å². The normalized spacial score (nSPS) is 10.5. The molecule has 0 aliphatic rings. The monoisotopic (exact) mass is 346 g/mol. The van der Waals surface area contributed by atoms with Gasteiger partial charge in [-0.15, -0.1) is 0 Å². The number of amides is 1. The Morgan fingerprint density at radius 1 is 0.808 bits per heavy atom. The fourth-order valence-corrected chi connectivity index (χ4v) is 2.58. The first-order valence-electron chi connectivity index (χ1n) is 8.47. The van der Waals surface area contributed by atoms with Crippen LogP contribution in [0, 0.1) is 27.7 Å². The van der Waals surface area contributed by atoms with Crippen LogP contribution in [-0.4, -0.2) is 15.9 Å². The second kappa shape index (κ2) is 7.35. The van der Waals surface area contributed by atoms with Crippen LogP contribution in [-0.2, 0) is 0 Å². The first kappa shape index (κ1) is 17.6. The number of aromatic nitrogens is 2. The third-order valence-electron chi connectivity index (χ3n) is 4.18. The topological polar surface area (TPSA) is 66.9 Å². The molecule has 26 heavy (non-hydrogen) atoms. The van der Waals surface area contributed by atoms with E-state index in [-0.39, 0.29) is 11.6 Å². The van der Waals surface area contributed by atoms with Gasteiger partial charge in [0.15, 0.2) is 0 Å². The molecule has 0 saturated carbocycles. The van der Waals surface area contributed by atoms with Crippen molar-refractivity contribution in [2.24, 2.45) is 0 Å². The summed E-state index contributed by atoms with van der Waals surface area (Å²) in [6.07, 6.45) is 3.05. The first-order chi connectivity index (χ1) is 12.4. The summed E-state index contributed by atoms with van der Waals surface area (Å²) in [5.41, 5.74) is 6.42. The Labute approximate surface area is 153 Å². The number of nitrogens with zero attached hydrogens (tertiary/aromatic N) is 2. The number of aryl methyl sites for hydroxylation is 4. The maximum Gasteiger partial charge on any atom is 0.275 e. The first-order valence-corrected chi connectivity index (χ1v) is 8.47. The molecule has 3 aromatic rings. The standard InChI is InChI=1S/C21H22N4O/c1-13-5-7-15(3)17(9-13)24-20-12-22-19(11-23-20)21(26)25-18-10-14(2)6-8-16(18)4/h5-12H,1-4H3,(H,23,24)(H,25,26). The summed E-state index contributed by atoms with van der Waals surface area (Å²) in [6, 6.07) is 12.1. The molecule has 2 aromatic carbocycles. The smallest absolute Gasteiger partial charge is 0.275 e. The lowest BCUT2D eigenvalue weighted by Crippen LogP contribution is -2.15. The van der Waals surface area contributed by atoms with Crippen LogP contribution in [0.1, 0.15) is 32.7 Å². The average molecular weight is 346 g/mol. The van der Waals surface area contributed by atoms with Gasteiger partial charge < -0.3 is 10.6 Å². The van der Waals surface area contributed by atoms with E-state index in [0.29, 0.717) is 5.82 Å². The van der Waals surface area contributed by atoms with Crippen LogP contribution in [0.25, 0.3) is 0 Å². The van der Waals surface area contributed by atoms with Gasteiger partial charge in [0.25, 0.3) is 5.91 Å². The third-order valence-corrected chi connectivity index (χ3v) is 4.18. The largest absolute Gasteiger partial charge is 0.339 e. The van der Waals surface area contributed by atoms with Gasteiger partial charge in [0.1, 0.15) is 11.5 Å². The van der Waals surface area contributed by atoms with E-state index >= 15 is 0 Å². The molecule has 5 nitrogen and oxygen atoms in total. The maximum absolute atomic E-state index is 12.4. The molecule has 0 saturated heterocycles. The minimum Gasteiger partial charge on any atom is -0.339 e. The highest BCUT2D eigenvalue weighted by Gasteiger charge is 2.10. The SMILES string of the molecule is Cc1ccc(C)c(NC(=O)c2cnc(Nc3cc(C)ccc3C)cn2)c1. The lowest BCUT2D eigenvalue weighted by atomic mass is 10.1. The van der Waals surface area contributed by atoms with Crippen LogP contribution >= 0.6 is 0 Å². The van der Waals surface area contributed by atoms with E-state index in [4.69, 9.17) is 0 Å². The third kappa shape index (κ3) is 4.06. The number of rotatable bonds is 4. The highest BCUT2D eigenvalue weighted by molar-refractivity contribution is 6.03. The van der Waals surface area contributed by atoms with Crippen molar-refractivity contribution in [1.82, 2.24) is 9.97 Å². The van der Waals surface area contributed by atoms with Gasteiger partial charge in [-0.25, -0.2) is 9.97 Å². The van der Waals surface area contributed by atoms with Gasteiger partial charge in [0, 0.05) is 11.4 Å². The van der Waals surface area contributed by atoms with Crippen molar-refractivity contribution < 1.29 is 4.79 Å². The molecular formula is C21H22N4O. The summed E-state index contributed by atoms with van der Waals surface area (Å²) in [7, 11) is 0. The van der Waals surface area contributed by atoms with Crippen molar-refractivity contribution in [1.29, 1.82) is 0 Å². The van der Waals surface area contributed by atoms with Crippen molar-refractivity contribution in [3.05, 3.63) is 76.7 Å². The number of benzene rings is 2. The number of hydrogen-bond donors (Lipinski definition) is 2. The predicted molar refractivity (Wildman–Crippen MR) is 105 cm³/mol. The zero-order valence-corrected chi connectivity index (χ0v) is 15.4. The molecule has 5 heteroatoms. The summed E-state index contributed by atoms with van der Waals surface area (Å²) < 4.78 is 0. The fourth-order valence-electron chi connectivity index (χ4n) is 2.58. The molecule has 0 aliphatic carbocycles. The lowest BCUT2D eigenvalue weighted by Gasteiger charge is -2.11. The van der Waals surface area contributed by atoms with E-state index in [9.17, 15) is 4.79 Å². The summed E-state index contributed by atoms with van der Waals surface area (Å²) in [4.78, 5) is 21.0. The number of carbonyl (C=O) groups excluding carboxylic acids is 1. The summed E-state index contributed by atoms with van der Waals surface area (Å²) in [6.45, 7) is 8.01. The van der Waals surface area contributed by atoms with Crippen molar-refractivity contribution in [2.75, 3.05) is 10.6 Å². The molecule has 0 aliphatic heterocycles. The van der Waals surface area contributed by atoms with Crippen molar-refractivity contribution in [3.63, 3.8) is 0 Å². The fraction of sp³-hybridized carbons (Fsp3) is 0.190. The Morgan fingerprint density at radius 3 is 2.04 bits per heavy atom. The second-order valence-electron chi connectivity index (χ2n) is 6.50. The molecule has 1 amide bonds. The van der Waals surface area contributed by atoms with E-state index < -0.39 is 0 Å². The highest BCUT2D eigenvalue weighted by atomic mass is 16.1. The molecule has 132 valence electrons. The molecule has 0 bridgehead atoms. The minimum absolute atomic E-state index is 0.274. The van der Waals surface area contributed by atoms with Gasteiger partial charge in [0.2, 0.25) is 0 Å². The lowest BCUT2D eigenvalue weighted by molar-refractivity contribution is 0.102. The average Bonchev–Trinajstić information content (AvgIpc) is 2.62. The highest BCUT2D eigenvalue weighted by Crippen LogP contribution is 2.20. The van der Waals surface area contributed by atoms with Gasteiger partial charge in [-0.3, -0.25) is 4.79 Å².